The first-order valence-corrected chi connectivity index (χ1v) is 4.89. The fourth-order valence-corrected chi connectivity index (χ4v) is 0.887. The lowest BCUT2D eigenvalue weighted by atomic mass is 10.3. The van der Waals surface area contributed by atoms with Gasteiger partial charge in [-0.1, -0.05) is 22.9 Å². The largest absolute Gasteiger partial charge is 0.292 e. The van der Waals surface area contributed by atoms with Crippen LogP contribution >= 0.6 is 15.9 Å². The van der Waals surface area contributed by atoms with Crippen molar-refractivity contribution in [3.63, 3.8) is 0 Å². The Morgan fingerprint density at radius 1 is 1.77 bits per heavy atom. The Labute approximate surface area is 84.5 Å². The smallest absolute Gasteiger partial charge is 0.248 e. The lowest BCUT2D eigenvalue weighted by Crippen LogP contribution is -2.22. The molecule has 5 nitrogen and oxygen atoms in total. The molecule has 72 valence electrons. The first-order valence-electron chi connectivity index (χ1n) is 3.97. The number of amides is 1. The van der Waals surface area contributed by atoms with E-state index in [2.05, 4.69) is 36.4 Å². The summed E-state index contributed by atoms with van der Waals surface area (Å²) in [7, 11) is 0. The zero-order valence-electron chi connectivity index (χ0n) is 7.47. The third kappa shape index (κ3) is 2.80. The van der Waals surface area contributed by atoms with Gasteiger partial charge in [-0.25, -0.2) is 0 Å². The van der Waals surface area contributed by atoms with E-state index in [1.807, 2.05) is 6.92 Å². The number of rotatable bonds is 3. The van der Waals surface area contributed by atoms with Crippen LogP contribution in [0.2, 0.25) is 0 Å². The first kappa shape index (κ1) is 10.2. The second-order valence-corrected chi connectivity index (χ2v) is 3.71. The van der Waals surface area contributed by atoms with Gasteiger partial charge in [0.2, 0.25) is 11.9 Å². The van der Waals surface area contributed by atoms with Crippen LogP contribution in [0.4, 0.5) is 5.95 Å². The predicted octanol–water partition coefficient (Wildman–Crippen LogP) is 1.23. The zero-order chi connectivity index (χ0) is 9.84. The van der Waals surface area contributed by atoms with Crippen molar-refractivity contribution in [2.45, 2.75) is 25.1 Å². The quantitative estimate of drug-likeness (QED) is 0.789. The Kier molecular flexibility index (Phi) is 3.41. The van der Waals surface area contributed by atoms with Crippen molar-refractivity contribution in [3.05, 3.63) is 5.82 Å². The van der Waals surface area contributed by atoms with Gasteiger partial charge in [-0.3, -0.25) is 15.2 Å². The topological polar surface area (TPSA) is 70.7 Å². The van der Waals surface area contributed by atoms with Crippen LogP contribution in [0.3, 0.4) is 0 Å². The molecule has 1 atom stereocenters. The van der Waals surface area contributed by atoms with E-state index in [-0.39, 0.29) is 10.7 Å². The van der Waals surface area contributed by atoms with Gasteiger partial charge in [0.1, 0.15) is 5.82 Å². The molecule has 0 bridgehead atoms. The summed E-state index contributed by atoms with van der Waals surface area (Å²) in [4.78, 5) is 15.1. The monoisotopic (exact) mass is 246 g/mol. The average molecular weight is 247 g/mol. The minimum absolute atomic E-state index is 0.124. The molecule has 2 N–H and O–H groups in total. The molecule has 0 aliphatic rings. The molecule has 1 amide bonds. The number of aromatic amines is 1. The van der Waals surface area contributed by atoms with Crippen molar-refractivity contribution < 1.29 is 4.79 Å². The van der Waals surface area contributed by atoms with E-state index < -0.39 is 0 Å². The van der Waals surface area contributed by atoms with Crippen molar-refractivity contribution in [1.82, 2.24) is 15.2 Å². The SMILES string of the molecule is CCC(Br)C(=O)Nc1n[nH]c(C)n1. The maximum atomic E-state index is 11.3. The number of nitrogens with zero attached hydrogens (tertiary/aromatic N) is 2. The summed E-state index contributed by atoms with van der Waals surface area (Å²) in [6.45, 7) is 3.69. The Bertz CT molecular complexity index is 298. The summed E-state index contributed by atoms with van der Waals surface area (Å²) in [5, 5.41) is 9.00. The second kappa shape index (κ2) is 4.36. The fourth-order valence-electron chi connectivity index (χ4n) is 0.773. The molecule has 0 spiro atoms. The molecule has 1 unspecified atom stereocenters. The number of carbonyl (C=O) groups is 1. The van der Waals surface area contributed by atoms with Crippen LogP contribution in [0.5, 0.6) is 0 Å². The summed E-state index contributed by atoms with van der Waals surface area (Å²) in [5.41, 5.74) is 0. The number of nitrogens with one attached hydrogen (secondary N) is 2. The van der Waals surface area contributed by atoms with Crippen molar-refractivity contribution in [3.8, 4) is 0 Å². The Hall–Kier alpha value is -0.910. The molecule has 0 aromatic carbocycles. The number of H-pyrrole nitrogens is 1. The number of carbonyl (C=O) groups excluding carboxylic acids is 1. The van der Waals surface area contributed by atoms with Gasteiger partial charge in [0, 0.05) is 0 Å². The lowest BCUT2D eigenvalue weighted by Gasteiger charge is -2.04. The molecule has 1 aromatic heterocycles. The molecular weight excluding hydrogens is 236 g/mol. The molecule has 0 aliphatic carbocycles. The maximum Gasteiger partial charge on any atom is 0.248 e. The van der Waals surface area contributed by atoms with Crippen LogP contribution in [0.15, 0.2) is 0 Å². The fraction of sp³-hybridized carbons (Fsp3) is 0.571. The average Bonchev–Trinajstić information content (AvgIpc) is 2.49. The molecule has 1 aromatic rings. The van der Waals surface area contributed by atoms with Crippen molar-refractivity contribution in [2.75, 3.05) is 5.32 Å². The molecule has 0 aliphatic heterocycles. The van der Waals surface area contributed by atoms with E-state index in [0.29, 0.717) is 11.8 Å². The molecule has 0 saturated heterocycles. The normalized spacial score (nSPS) is 12.5. The van der Waals surface area contributed by atoms with Crippen LogP contribution in [0.1, 0.15) is 19.2 Å². The third-order valence-corrected chi connectivity index (χ3v) is 2.54. The summed E-state index contributed by atoms with van der Waals surface area (Å²) in [6, 6.07) is 0. The number of aromatic nitrogens is 3. The minimum atomic E-state index is -0.189. The summed E-state index contributed by atoms with van der Waals surface area (Å²) in [5.74, 6) is 0.875. The van der Waals surface area contributed by atoms with E-state index >= 15 is 0 Å². The van der Waals surface area contributed by atoms with Crippen molar-refractivity contribution >= 4 is 27.8 Å². The predicted molar refractivity (Wildman–Crippen MR) is 52.8 cm³/mol. The number of hydrogen-bond donors (Lipinski definition) is 2. The molecule has 1 heterocycles. The van der Waals surface area contributed by atoms with Gasteiger partial charge in [0.25, 0.3) is 0 Å². The Morgan fingerprint density at radius 3 is 2.92 bits per heavy atom. The van der Waals surface area contributed by atoms with Crippen LogP contribution in [0, 0.1) is 6.92 Å². The van der Waals surface area contributed by atoms with E-state index in [4.69, 9.17) is 0 Å². The van der Waals surface area contributed by atoms with Crippen LogP contribution in [-0.2, 0) is 4.79 Å². The zero-order valence-corrected chi connectivity index (χ0v) is 9.05. The number of halogens is 1. The summed E-state index contributed by atoms with van der Waals surface area (Å²) in [6.07, 6.45) is 0.731. The number of anilines is 1. The molecule has 0 saturated carbocycles. The molecule has 1 rings (SSSR count). The first-order chi connectivity index (χ1) is 6.13. The van der Waals surface area contributed by atoms with Crippen molar-refractivity contribution in [1.29, 1.82) is 0 Å². The second-order valence-electron chi connectivity index (χ2n) is 2.61. The standard InChI is InChI=1S/C7H11BrN4O/c1-3-5(8)6(13)10-7-9-4(2)11-12-7/h5H,3H2,1-2H3,(H2,9,10,11,12,13). The Morgan fingerprint density at radius 2 is 2.46 bits per heavy atom. The number of hydrogen-bond acceptors (Lipinski definition) is 3. The molecule has 13 heavy (non-hydrogen) atoms. The molecule has 6 heteroatoms. The lowest BCUT2D eigenvalue weighted by molar-refractivity contribution is -0.115. The van der Waals surface area contributed by atoms with Crippen LogP contribution in [-0.4, -0.2) is 25.9 Å². The van der Waals surface area contributed by atoms with Gasteiger partial charge in [-0.15, -0.1) is 5.10 Å². The van der Waals surface area contributed by atoms with E-state index in [9.17, 15) is 4.79 Å². The van der Waals surface area contributed by atoms with Gasteiger partial charge in [0.05, 0.1) is 4.83 Å². The summed E-state index contributed by atoms with van der Waals surface area (Å²) < 4.78 is 0. The highest BCUT2D eigenvalue weighted by Gasteiger charge is 2.13. The number of aryl methyl sites for hydroxylation is 1. The number of alkyl halides is 1. The van der Waals surface area contributed by atoms with Crippen LogP contribution < -0.4 is 5.32 Å². The maximum absolute atomic E-state index is 11.3. The van der Waals surface area contributed by atoms with Gasteiger partial charge in [-0.2, -0.15) is 4.98 Å². The van der Waals surface area contributed by atoms with Gasteiger partial charge in [0.15, 0.2) is 0 Å². The van der Waals surface area contributed by atoms with Gasteiger partial charge in [-0.05, 0) is 13.3 Å². The highest BCUT2D eigenvalue weighted by Crippen LogP contribution is 2.07. The highest BCUT2D eigenvalue weighted by atomic mass is 79.9. The van der Waals surface area contributed by atoms with E-state index in [1.165, 1.54) is 0 Å². The van der Waals surface area contributed by atoms with Crippen LogP contribution in [0.25, 0.3) is 0 Å². The van der Waals surface area contributed by atoms with E-state index in [1.54, 1.807) is 6.92 Å². The minimum Gasteiger partial charge on any atom is -0.292 e. The van der Waals surface area contributed by atoms with Crippen molar-refractivity contribution in [2.24, 2.45) is 0 Å². The highest BCUT2D eigenvalue weighted by molar-refractivity contribution is 9.10. The molecular formula is C7H11BrN4O. The summed E-state index contributed by atoms with van der Waals surface area (Å²) >= 11 is 3.23. The molecule has 0 radical (unpaired) electrons. The van der Waals surface area contributed by atoms with E-state index in [0.717, 1.165) is 6.42 Å². The third-order valence-electron chi connectivity index (χ3n) is 1.48. The Balaban J connectivity index is 2.54. The van der Waals surface area contributed by atoms with Gasteiger partial charge < -0.3 is 0 Å². The van der Waals surface area contributed by atoms with Gasteiger partial charge >= 0.3 is 0 Å². The molecule has 0 fully saturated rings.